The van der Waals surface area contributed by atoms with Crippen LogP contribution in [0.3, 0.4) is 0 Å². The van der Waals surface area contributed by atoms with Crippen LogP contribution >= 0.6 is 0 Å². The molecule has 0 aromatic heterocycles. The van der Waals surface area contributed by atoms with E-state index in [0.717, 1.165) is 11.0 Å². The summed E-state index contributed by atoms with van der Waals surface area (Å²) in [5.41, 5.74) is 5.90. The smallest absolute Gasteiger partial charge is 0.0901 e. The lowest BCUT2D eigenvalue weighted by Gasteiger charge is -2.38. The van der Waals surface area contributed by atoms with Crippen molar-refractivity contribution in [3.05, 3.63) is 65.2 Å². The van der Waals surface area contributed by atoms with Crippen LogP contribution in [-0.2, 0) is 12.8 Å². The number of quaternary nitrogens is 1. The second-order valence-electron chi connectivity index (χ2n) is 9.16. The van der Waals surface area contributed by atoms with E-state index in [1.165, 1.54) is 54.5 Å². The lowest BCUT2D eigenvalue weighted by Crippen LogP contribution is -2.48. The molecule has 0 heterocycles. The molecule has 0 N–H and O–H groups in total. The van der Waals surface area contributed by atoms with Gasteiger partial charge >= 0.3 is 0 Å². The highest BCUT2D eigenvalue weighted by atomic mass is 15.3. The molecule has 0 radical (unpaired) electrons. The van der Waals surface area contributed by atoms with Crippen molar-refractivity contribution in [2.24, 2.45) is 0 Å². The zero-order chi connectivity index (χ0) is 19.4. The van der Waals surface area contributed by atoms with Crippen LogP contribution in [0.1, 0.15) is 42.9 Å². The van der Waals surface area contributed by atoms with Gasteiger partial charge in [0.05, 0.1) is 27.2 Å². The van der Waals surface area contributed by atoms with Gasteiger partial charge in [-0.1, -0.05) is 55.8 Å². The number of benzene rings is 2. The average Bonchev–Trinajstić information content (AvgIpc) is 3.05. The van der Waals surface area contributed by atoms with Crippen molar-refractivity contribution in [1.82, 2.24) is 0 Å². The van der Waals surface area contributed by atoms with Crippen molar-refractivity contribution in [2.45, 2.75) is 58.0 Å². The lowest BCUT2D eigenvalue weighted by molar-refractivity contribution is -0.896. The fourth-order valence-corrected chi connectivity index (χ4v) is 4.68. The van der Waals surface area contributed by atoms with Crippen LogP contribution < -0.4 is 4.90 Å². The SMILES string of the molecule is CCCC(CCN(c1ccccc1C)C1Cc2ccccc2C1)[N+](C)(C)C. The second-order valence-corrected chi connectivity index (χ2v) is 9.16. The topological polar surface area (TPSA) is 3.24 Å². The van der Waals surface area contributed by atoms with Gasteiger partial charge in [-0.2, -0.15) is 0 Å². The molecule has 2 aromatic carbocycles. The predicted octanol–water partition coefficient (Wildman–Crippen LogP) is 5.23. The average molecular weight is 366 g/mol. The monoisotopic (exact) mass is 365 g/mol. The van der Waals surface area contributed by atoms with Gasteiger partial charge in [0.25, 0.3) is 0 Å². The van der Waals surface area contributed by atoms with Crippen molar-refractivity contribution in [2.75, 3.05) is 32.6 Å². The van der Waals surface area contributed by atoms with Gasteiger partial charge in [0.2, 0.25) is 0 Å². The van der Waals surface area contributed by atoms with Crippen molar-refractivity contribution < 1.29 is 4.48 Å². The van der Waals surface area contributed by atoms with E-state index >= 15 is 0 Å². The molecule has 0 bridgehead atoms. The molecule has 2 heteroatoms. The highest BCUT2D eigenvalue weighted by molar-refractivity contribution is 5.55. The maximum Gasteiger partial charge on any atom is 0.0901 e. The van der Waals surface area contributed by atoms with Gasteiger partial charge in [-0.3, -0.25) is 0 Å². The maximum absolute atomic E-state index is 2.72. The predicted molar refractivity (Wildman–Crippen MR) is 118 cm³/mol. The Balaban J connectivity index is 1.82. The van der Waals surface area contributed by atoms with Crippen molar-refractivity contribution in [1.29, 1.82) is 0 Å². The molecule has 27 heavy (non-hydrogen) atoms. The van der Waals surface area contributed by atoms with E-state index in [-0.39, 0.29) is 0 Å². The van der Waals surface area contributed by atoms with E-state index in [2.05, 4.69) is 88.4 Å². The minimum absolute atomic E-state index is 0.582. The van der Waals surface area contributed by atoms with Gasteiger partial charge in [-0.25, -0.2) is 0 Å². The van der Waals surface area contributed by atoms with Gasteiger partial charge in [-0.15, -0.1) is 0 Å². The summed E-state index contributed by atoms with van der Waals surface area (Å²) in [6, 6.07) is 19.2. The number of anilines is 1. The molecule has 2 nitrogen and oxygen atoms in total. The highest BCUT2D eigenvalue weighted by Gasteiger charge is 2.30. The Morgan fingerprint density at radius 1 is 0.926 bits per heavy atom. The highest BCUT2D eigenvalue weighted by Crippen LogP contribution is 2.31. The van der Waals surface area contributed by atoms with Crippen LogP contribution in [0.2, 0.25) is 0 Å². The summed E-state index contributed by atoms with van der Waals surface area (Å²) < 4.78 is 1.06. The van der Waals surface area contributed by atoms with Crippen LogP contribution in [0.5, 0.6) is 0 Å². The van der Waals surface area contributed by atoms with Gasteiger partial charge in [0.15, 0.2) is 0 Å². The number of hydrogen-bond donors (Lipinski definition) is 0. The Morgan fingerprint density at radius 3 is 2.07 bits per heavy atom. The summed E-state index contributed by atoms with van der Waals surface area (Å²) in [6.07, 6.45) is 6.16. The van der Waals surface area contributed by atoms with Crippen LogP contribution in [-0.4, -0.2) is 44.3 Å². The molecule has 0 amide bonds. The zero-order valence-electron chi connectivity index (χ0n) is 17.9. The summed E-state index contributed by atoms with van der Waals surface area (Å²) in [4.78, 5) is 2.72. The van der Waals surface area contributed by atoms with E-state index in [1.807, 2.05) is 0 Å². The summed E-state index contributed by atoms with van der Waals surface area (Å²) in [5, 5.41) is 0. The number of rotatable bonds is 8. The van der Waals surface area contributed by atoms with Crippen LogP contribution in [0, 0.1) is 6.92 Å². The minimum Gasteiger partial charge on any atom is -0.367 e. The van der Waals surface area contributed by atoms with Crippen molar-refractivity contribution in [3.8, 4) is 0 Å². The third-order valence-corrected chi connectivity index (χ3v) is 6.32. The fraction of sp³-hybridized carbons (Fsp3) is 0.520. The van der Waals surface area contributed by atoms with Gasteiger partial charge in [0, 0.05) is 24.7 Å². The Bertz CT molecular complexity index is 719. The van der Waals surface area contributed by atoms with E-state index in [4.69, 9.17) is 0 Å². The first kappa shape index (κ1) is 19.9. The molecule has 1 unspecified atom stereocenters. The Kier molecular flexibility index (Phi) is 6.26. The summed E-state index contributed by atoms with van der Waals surface area (Å²) in [6.45, 7) is 5.72. The molecule has 0 saturated carbocycles. The molecular formula is C25H37N2+. The van der Waals surface area contributed by atoms with E-state index in [9.17, 15) is 0 Å². The lowest BCUT2D eigenvalue weighted by atomic mass is 10.0. The quantitative estimate of drug-likeness (QED) is 0.579. The summed E-state index contributed by atoms with van der Waals surface area (Å²) in [7, 11) is 7.05. The second kappa shape index (κ2) is 8.48. The Labute approximate surface area is 166 Å². The third kappa shape index (κ3) is 4.73. The summed E-state index contributed by atoms with van der Waals surface area (Å²) >= 11 is 0. The third-order valence-electron chi connectivity index (χ3n) is 6.32. The zero-order valence-corrected chi connectivity index (χ0v) is 17.9. The van der Waals surface area contributed by atoms with Crippen LogP contribution in [0.4, 0.5) is 5.69 Å². The first-order valence-corrected chi connectivity index (χ1v) is 10.6. The molecular weight excluding hydrogens is 328 g/mol. The van der Waals surface area contributed by atoms with Crippen molar-refractivity contribution >= 4 is 5.69 Å². The number of aryl methyl sites for hydroxylation is 1. The molecule has 1 aliphatic rings. The van der Waals surface area contributed by atoms with Gasteiger partial charge in [0.1, 0.15) is 0 Å². The van der Waals surface area contributed by atoms with Crippen LogP contribution in [0.15, 0.2) is 48.5 Å². The normalized spacial score (nSPS) is 15.6. The van der Waals surface area contributed by atoms with E-state index < -0.39 is 0 Å². The molecule has 146 valence electrons. The first-order valence-electron chi connectivity index (χ1n) is 10.6. The van der Waals surface area contributed by atoms with E-state index in [1.54, 1.807) is 0 Å². The fourth-order valence-electron chi connectivity index (χ4n) is 4.68. The molecule has 0 saturated heterocycles. The number of para-hydroxylation sites is 1. The Morgan fingerprint density at radius 2 is 1.52 bits per heavy atom. The number of fused-ring (bicyclic) bond motifs is 1. The van der Waals surface area contributed by atoms with E-state index in [0.29, 0.717) is 12.1 Å². The van der Waals surface area contributed by atoms with Gasteiger partial charge in [-0.05, 0) is 48.9 Å². The molecule has 1 aliphatic carbocycles. The molecule has 2 aromatic rings. The maximum atomic E-state index is 2.72. The standard InChI is InChI=1S/C25H37N2/c1-6-11-24(27(3,4)5)16-17-26(25-15-10-7-12-20(25)2)23-18-21-13-8-9-14-22(21)19-23/h7-10,12-15,23-24H,6,11,16-19H2,1-5H3/q+1. The summed E-state index contributed by atoms with van der Waals surface area (Å²) in [5.74, 6) is 0. The molecule has 0 aliphatic heterocycles. The largest absolute Gasteiger partial charge is 0.367 e. The molecule has 1 atom stereocenters. The molecule has 3 rings (SSSR count). The van der Waals surface area contributed by atoms with Crippen LogP contribution in [0.25, 0.3) is 0 Å². The first-order chi connectivity index (χ1) is 12.9. The van der Waals surface area contributed by atoms with Gasteiger partial charge < -0.3 is 9.38 Å². The number of hydrogen-bond acceptors (Lipinski definition) is 1. The Hall–Kier alpha value is -1.80. The van der Waals surface area contributed by atoms with Crippen molar-refractivity contribution in [3.63, 3.8) is 0 Å². The minimum atomic E-state index is 0.582. The number of nitrogens with zero attached hydrogens (tertiary/aromatic N) is 2. The molecule has 0 fully saturated rings. The molecule has 0 spiro atoms.